The molecule has 0 rings (SSSR count). The third-order valence-corrected chi connectivity index (χ3v) is 7.94. The average Bonchev–Trinajstić information content (AvgIpc) is 2.63. The maximum absolute atomic E-state index is 11.1. The summed E-state index contributed by atoms with van der Waals surface area (Å²) in [5.41, 5.74) is 0. The summed E-state index contributed by atoms with van der Waals surface area (Å²) in [7, 11) is 0. The Morgan fingerprint density at radius 1 is 0.714 bits per heavy atom. The van der Waals surface area contributed by atoms with Gasteiger partial charge in [-0.3, -0.25) is 0 Å². The molecule has 0 radical (unpaired) electrons. The fourth-order valence-electron chi connectivity index (χ4n) is 3.48. The topological polar surface area (TPSA) is 26.3 Å². The number of carbonyl (C=O) groups is 1. The molecule has 0 heterocycles. The minimum absolute atomic E-state index is 0.210. The van der Waals surface area contributed by atoms with Crippen molar-refractivity contribution in [2.45, 2.75) is 129 Å². The lowest BCUT2D eigenvalue weighted by Gasteiger charge is -2.12. The van der Waals surface area contributed by atoms with Crippen LogP contribution in [0.5, 0.6) is 0 Å². The second-order valence-corrected chi connectivity index (χ2v) is 19.2. The van der Waals surface area contributed by atoms with Crippen molar-refractivity contribution in [1.29, 1.82) is 0 Å². The van der Waals surface area contributed by atoms with E-state index >= 15 is 0 Å². The number of hydrogen-bond acceptors (Lipinski definition) is 2. The zero-order valence-corrected chi connectivity index (χ0v) is 21.7. The number of carbonyl (C=O) groups excluding carboxylic acids is 1. The summed E-state index contributed by atoms with van der Waals surface area (Å²) in [5.74, 6) is -0.210. The highest BCUT2D eigenvalue weighted by Gasteiger charge is 2.14. The van der Waals surface area contributed by atoms with E-state index in [9.17, 15) is 4.79 Å². The Balaban J connectivity index is 3.09. The molecule has 2 nitrogen and oxygen atoms in total. The van der Waals surface area contributed by atoms with Gasteiger partial charge in [0, 0.05) is 6.08 Å². The summed E-state index contributed by atoms with van der Waals surface area (Å²) in [6.45, 7) is 6.23. The van der Waals surface area contributed by atoms with Crippen LogP contribution in [0.3, 0.4) is 0 Å². The fourth-order valence-corrected chi connectivity index (χ4v) is 5.41. The average molecular weight is 476 g/mol. The number of unbranched alkanes of at least 4 members (excludes halogenated alkanes) is 15. The van der Waals surface area contributed by atoms with Crippen LogP contribution in [0.2, 0.25) is 19.1 Å². The van der Waals surface area contributed by atoms with Gasteiger partial charge in [0.1, 0.15) is 6.69 Å². The zero-order chi connectivity index (χ0) is 20.9. The molecule has 0 aliphatic heterocycles. The third-order valence-electron chi connectivity index (χ3n) is 5.21. The minimum Gasteiger partial charge on any atom is -0.463 e. The number of rotatable bonds is 20. The van der Waals surface area contributed by atoms with Crippen LogP contribution in [0.4, 0.5) is 0 Å². The van der Waals surface area contributed by atoms with Gasteiger partial charge in [0.05, 0.1) is 6.61 Å². The first kappa shape index (κ1) is 27.9. The molecule has 0 aromatic carbocycles. The van der Waals surface area contributed by atoms with Crippen molar-refractivity contribution in [1.82, 2.24) is 0 Å². The van der Waals surface area contributed by atoms with Gasteiger partial charge in [-0.15, -0.1) is 15.3 Å². The smallest absolute Gasteiger partial charge is 0.330 e. The van der Waals surface area contributed by atoms with E-state index in [-0.39, 0.29) is 5.97 Å². The highest BCUT2D eigenvalue weighted by atomic mass is 79.9. The molecule has 0 saturated carbocycles. The maximum atomic E-state index is 11.1. The molecule has 0 fully saturated rings. The highest BCUT2D eigenvalue weighted by Crippen LogP contribution is 2.21. The standard InChI is InChI=1S/C24H47BrO2Si/c1-4-21-24(26)27-22-19-17-15-13-11-9-7-5-6-8-10-12-14-16-18-20-23-28(2,3)25/h4,21H,5-20,22-23H2,1-3H3. The number of allylic oxidation sites excluding steroid dienone is 1. The van der Waals surface area contributed by atoms with Gasteiger partial charge in [0.2, 0.25) is 0 Å². The Bertz CT molecular complexity index is 377. The van der Waals surface area contributed by atoms with Crippen LogP contribution in [0.1, 0.15) is 110 Å². The monoisotopic (exact) mass is 474 g/mol. The lowest BCUT2D eigenvalue weighted by molar-refractivity contribution is -0.137. The maximum Gasteiger partial charge on any atom is 0.330 e. The Labute approximate surface area is 184 Å². The summed E-state index contributed by atoms with van der Waals surface area (Å²) >= 11 is 3.86. The molecule has 0 aromatic heterocycles. The summed E-state index contributed by atoms with van der Waals surface area (Å²) in [6.07, 6.45) is 25.1. The number of hydrogen-bond donors (Lipinski definition) is 0. The van der Waals surface area contributed by atoms with Crippen LogP contribution >= 0.6 is 15.3 Å². The van der Waals surface area contributed by atoms with Gasteiger partial charge in [-0.05, 0) is 19.4 Å². The third kappa shape index (κ3) is 23.9. The number of halogens is 1. The molecule has 28 heavy (non-hydrogen) atoms. The molecule has 0 aliphatic carbocycles. The molecule has 0 atom stereocenters. The van der Waals surface area contributed by atoms with E-state index < -0.39 is 6.69 Å². The zero-order valence-electron chi connectivity index (χ0n) is 19.1. The van der Waals surface area contributed by atoms with E-state index in [1.54, 1.807) is 6.08 Å². The molecule has 0 aromatic rings. The first-order chi connectivity index (χ1) is 13.5. The fraction of sp³-hybridized carbons (Fsp3) is 0.875. The summed E-state index contributed by atoms with van der Waals surface area (Å²) < 4.78 is 5.09. The molecule has 0 bridgehead atoms. The van der Waals surface area contributed by atoms with Crippen molar-refractivity contribution in [2.24, 2.45) is 0 Å². The van der Waals surface area contributed by atoms with Gasteiger partial charge in [0.25, 0.3) is 0 Å². The van der Waals surface area contributed by atoms with Crippen LogP contribution in [-0.4, -0.2) is 19.3 Å². The van der Waals surface area contributed by atoms with Crippen molar-refractivity contribution in [3.8, 4) is 0 Å². The van der Waals surface area contributed by atoms with Crippen LogP contribution in [0.25, 0.3) is 0 Å². The first-order valence-corrected chi connectivity index (χ1v) is 17.4. The predicted octanol–water partition coefficient (Wildman–Crippen LogP) is 8.95. The molecule has 0 aliphatic rings. The summed E-state index contributed by atoms with van der Waals surface area (Å²) in [4.78, 5) is 11.1. The second-order valence-electron chi connectivity index (χ2n) is 8.79. The van der Waals surface area contributed by atoms with Gasteiger partial charge < -0.3 is 4.74 Å². The quantitative estimate of drug-likeness (QED) is 0.0577. The molecular formula is C24H47BrO2Si. The van der Waals surface area contributed by atoms with Gasteiger partial charge in [-0.1, -0.05) is 115 Å². The van der Waals surface area contributed by atoms with E-state index in [0.717, 1.165) is 6.42 Å². The van der Waals surface area contributed by atoms with Gasteiger partial charge in [0.15, 0.2) is 0 Å². The Morgan fingerprint density at radius 3 is 1.43 bits per heavy atom. The Morgan fingerprint density at radius 2 is 1.07 bits per heavy atom. The molecule has 166 valence electrons. The van der Waals surface area contributed by atoms with Gasteiger partial charge in [-0.2, -0.15) is 0 Å². The largest absolute Gasteiger partial charge is 0.463 e. The van der Waals surface area contributed by atoms with Gasteiger partial charge in [-0.25, -0.2) is 4.79 Å². The number of ether oxygens (including phenoxy) is 1. The SMILES string of the molecule is CC=CC(=O)OCCCCCCCCCCCCCCCCCC[Si](C)(C)Br. The minimum atomic E-state index is -0.980. The van der Waals surface area contributed by atoms with Crippen molar-refractivity contribution in [3.63, 3.8) is 0 Å². The van der Waals surface area contributed by atoms with E-state index in [2.05, 4.69) is 28.4 Å². The molecular weight excluding hydrogens is 428 g/mol. The van der Waals surface area contributed by atoms with Crippen LogP contribution < -0.4 is 0 Å². The van der Waals surface area contributed by atoms with Gasteiger partial charge >= 0.3 is 5.97 Å². The van der Waals surface area contributed by atoms with E-state index in [1.165, 1.54) is 108 Å². The molecule has 0 unspecified atom stereocenters. The second kappa shape index (κ2) is 20.2. The molecule has 4 heteroatoms. The highest BCUT2D eigenvalue weighted by molar-refractivity contribution is 9.26. The number of esters is 1. The van der Waals surface area contributed by atoms with Crippen molar-refractivity contribution >= 4 is 28.0 Å². The van der Waals surface area contributed by atoms with Crippen molar-refractivity contribution < 1.29 is 9.53 Å². The Kier molecular flexibility index (Phi) is 20.1. The van der Waals surface area contributed by atoms with Crippen molar-refractivity contribution in [2.75, 3.05) is 6.61 Å². The van der Waals surface area contributed by atoms with E-state index in [1.807, 2.05) is 6.92 Å². The van der Waals surface area contributed by atoms with Crippen LogP contribution in [-0.2, 0) is 9.53 Å². The Hall–Kier alpha value is -0.0931. The normalized spacial score (nSPS) is 12.0. The molecule has 0 N–H and O–H groups in total. The summed E-state index contributed by atoms with van der Waals surface area (Å²) in [6, 6.07) is 1.43. The lowest BCUT2D eigenvalue weighted by Crippen LogP contribution is -2.13. The molecule has 0 amide bonds. The molecule has 0 saturated heterocycles. The predicted molar refractivity (Wildman–Crippen MR) is 131 cm³/mol. The van der Waals surface area contributed by atoms with Crippen molar-refractivity contribution in [3.05, 3.63) is 12.2 Å². The molecule has 0 spiro atoms. The van der Waals surface area contributed by atoms with E-state index in [4.69, 9.17) is 4.74 Å². The van der Waals surface area contributed by atoms with Crippen LogP contribution in [0.15, 0.2) is 12.2 Å². The first-order valence-electron chi connectivity index (χ1n) is 11.9. The van der Waals surface area contributed by atoms with E-state index in [0.29, 0.717) is 6.61 Å². The lowest BCUT2D eigenvalue weighted by atomic mass is 10.0. The van der Waals surface area contributed by atoms with Crippen LogP contribution in [0, 0.1) is 0 Å². The summed E-state index contributed by atoms with van der Waals surface area (Å²) in [5, 5.41) is 0.